The van der Waals surface area contributed by atoms with Crippen LogP contribution in [0.5, 0.6) is 5.75 Å². The van der Waals surface area contributed by atoms with Crippen LogP contribution in [0.15, 0.2) is 60.7 Å². The van der Waals surface area contributed by atoms with Gasteiger partial charge in [0, 0.05) is 22.6 Å². The molecule has 26 heavy (non-hydrogen) atoms. The lowest BCUT2D eigenvalue weighted by Gasteiger charge is -2.13. The fourth-order valence-corrected chi connectivity index (χ4v) is 3.68. The zero-order chi connectivity index (χ0) is 18.1. The summed E-state index contributed by atoms with van der Waals surface area (Å²) in [6.07, 6.45) is 2.46. The van der Waals surface area contributed by atoms with Gasteiger partial charge in [0.05, 0.1) is 0 Å². The van der Waals surface area contributed by atoms with E-state index in [0.717, 1.165) is 24.5 Å². The quantitative estimate of drug-likeness (QED) is 0.529. The molecule has 1 aliphatic heterocycles. The fourth-order valence-electron chi connectivity index (χ4n) is 3.44. The van der Waals surface area contributed by atoms with Crippen LogP contribution >= 0.6 is 11.6 Å². The zero-order valence-electron chi connectivity index (χ0n) is 14.0. The Balaban J connectivity index is 1.61. The summed E-state index contributed by atoms with van der Waals surface area (Å²) < 4.78 is 34.1. The first-order valence-electron chi connectivity index (χ1n) is 8.59. The molecular weight excluding hydrogens is 354 g/mol. The van der Waals surface area contributed by atoms with E-state index in [0.29, 0.717) is 22.8 Å². The van der Waals surface area contributed by atoms with Gasteiger partial charge in [0.2, 0.25) is 0 Å². The van der Waals surface area contributed by atoms with Crippen molar-refractivity contribution in [2.45, 2.75) is 25.4 Å². The van der Waals surface area contributed by atoms with Crippen molar-refractivity contribution < 1.29 is 13.5 Å². The molecule has 1 nitrogen and oxygen atoms in total. The van der Waals surface area contributed by atoms with Crippen LogP contribution < -0.4 is 4.74 Å². The van der Waals surface area contributed by atoms with Crippen molar-refractivity contribution >= 4 is 11.6 Å². The lowest BCUT2D eigenvalue weighted by atomic mass is 9.99. The SMILES string of the molecule is Fc1cccc(-c2cc(Cl)cc3c2OC(CCc2ccccc2)C3)c1F. The first kappa shape index (κ1) is 17.0. The second kappa shape index (κ2) is 7.08. The molecule has 0 spiro atoms. The summed E-state index contributed by atoms with van der Waals surface area (Å²) in [5, 5.41) is 0.495. The molecule has 4 rings (SSSR count). The maximum Gasteiger partial charge on any atom is 0.166 e. The van der Waals surface area contributed by atoms with Gasteiger partial charge in [-0.25, -0.2) is 8.78 Å². The third-order valence-corrected chi connectivity index (χ3v) is 4.92. The monoisotopic (exact) mass is 370 g/mol. The number of hydrogen-bond donors (Lipinski definition) is 0. The fraction of sp³-hybridized carbons (Fsp3) is 0.182. The molecular formula is C22H17ClF2O. The Kier molecular flexibility index (Phi) is 4.64. The normalized spacial score (nSPS) is 15.6. The molecule has 0 radical (unpaired) electrons. The van der Waals surface area contributed by atoms with Crippen LogP contribution in [0.4, 0.5) is 8.78 Å². The Morgan fingerprint density at radius 1 is 0.962 bits per heavy atom. The standard InChI is InChI=1S/C22H17ClF2O/c23-16-11-15-12-17(10-9-14-5-2-1-3-6-14)26-22(15)19(13-16)18-7-4-8-20(24)21(18)25/h1-8,11,13,17H,9-10,12H2. The predicted molar refractivity (Wildman–Crippen MR) is 99.7 cm³/mol. The van der Waals surface area contributed by atoms with Gasteiger partial charge in [0.15, 0.2) is 11.6 Å². The predicted octanol–water partition coefficient (Wildman–Crippen LogP) is 6.22. The summed E-state index contributed by atoms with van der Waals surface area (Å²) in [6.45, 7) is 0. The average molecular weight is 371 g/mol. The summed E-state index contributed by atoms with van der Waals surface area (Å²) in [6, 6.07) is 17.8. The van der Waals surface area contributed by atoms with E-state index in [1.165, 1.54) is 11.6 Å². The maximum absolute atomic E-state index is 14.3. The number of ether oxygens (including phenoxy) is 1. The van der Waals surface area contributed by atoms with Crippen LogP contribution in [0.2, 0.25) is 5.02 Å². The first-order chi connectivity index (χ1) is 12.6. The third-order valence-electron chi connectivity index (χ3n) is 4.70. The summed E-state index contributed by atoms with van der Waals surface area (Å²) >= 11 is 6.22. The van der Waals surface area contributed by atoms with Gasteiger partial charge in [0.25, 0.3) is 0 Å². The number of rotatable bonds is 4. The molecule has 1 unspecified atom stereocenters. The number of halogens is 3. The van der Waals surface area contributed by atoms with E-state index in [4.69, 9.17) is 16.3 Å². The molecule has 1 heterocycles. The van der Waals surface area contributed by atoms with Gasteiger partial charge < -0.3 is 4.74 Å². The van der Waals surface area contributed by atoms with Crippen LogP contribution in [-0.4, -0.2) is 6.10 Å². The minimum absolute atomic E-state index is 0.000886. The maximum atomic E-state index is 14.3. The molecule has 0 amide bonds. The lowest BCUT2D eigenvalue weighted by Crippen LogP contribution is -2.14. The number of benzene rings is 3. The highest BCUT2D eigenvalue weighted by atomic mass is 35.5. The van der Waals surface area contributed by atoms with Gasteiger partial charge in [0.1, 0.15) is 11.9 Å². The molecule has 4 heteroatoms. The van der Waals surface area contributed by atoms with Crippen molar-refractivity contribution in [1.82, 2.24) is 0 Å². The van der Waals surface area contributed by atoms with Crippen molar-refractivity contribution in [2.24, 2.45) is 0 Å². The molecule has 132 valence electrons. The smallest absolute Gasteiger partial charge is 0.166 e. The summed E-state index contributed by atoms with van der Waals surface area (Å²) in [4.78, 5) is 0. The molecule has 0 saturated carbocycles. The van der Waals surface area contributed by atoms with Crippen LogP contribution in [0.1, 0.15) is 17.5 Å². The van der Waals surface area contributed by atoms with Crippen molar-refractivity contribution in [1.29, 1.82) is 0 Å². The highest BCUT2D eigenvalue weighted by Gasteiger charge is 2.27. The van der Waals surface area contributed by atoms with Crippen LogP contribution in [-0.2, 0) is 12.8 Å². The molecule has 0 bridgehead atoms. The van der Waals surface area contributed by atoms with E-state index in [-0.39, 0.29) is 11.7 Å². The molecule has 0 N–H and O–H groups in total. The Hall–Kier alpha value is -2.39. The Morgan fingerprint density at radius 3 is 2.58 bits per heavy atom. The number of hydrogen-bond acceptors (Lipinski definition) is 1. The molecule has 1 aliphatic rings. The average Bonchev–Trinajstić information content (AvgIpc) is 3.05. The second-order valence-corrected chi connectivity index (χ2v) is 6.95. The van der Waals surface area contributed by atoms with E-state index < -0.39 is 11.6 Å². The topological polar surface area (TPSA) is 9.23 Å². The molecule has 0 fully saturated rings. The van der Waals surface area contributed by atoms with E-state index in [9.17, 15) is 8.78 Å². The van der Waals surface area contributed by atoms with E-state index >= 15 is 0 Å². The van der Waals surface area contributed by atoms with Crippen molar-refractivity contribution in [3.05, 3.63) is 88.4 Å². The Labute approximate surface area is 156 Å². The molecule has 1 atom stereocenters. The molecule has 0 saturated heterocycles. The summed E-state index contributed by atoms with van der Waals surface area (Å²) in [5.41, 5.74) is 2.87. The van der Waals surface area contributed by atoms with Crippen LogP contribution in [0.25, 0.3) is 11.1 Å². The Bertz CT molecular complexity index is 940. The van der Waals surface area contributed by atoms with Gasteiger partial charge in [-0.3, -0.25) is 0 Å². The largest absolute Gasteiger partial charge is 0.489 e. The first-order valence-corrected chi connectivity index (χ1v) is 8.97. The molecule has 3 aromatic rings. The highest BCUT2D eigenvalue weighted by molar-refractivity contribution is 6.31. The van der Waals surface area contributed by atoms with Crippen LogP contribution in [0, 0.1) is 11.6 Å². The summed E-state index contributed by atoms with van der Waals surface area (Å²) in [7, 11) is 0. The zero-order valence-corrected chi connectivity index (χ0v) is 14.8. The Morgan fingerprint density at radius 2 is 1.77 bits per heavy atom. The van der Waals surface area contributed by atoms with Gasteiger partial charge in [-0.1, -0.05) is 54.1 Å². The van der Waals surface area contributed by atoms with Gasteiger partial charge in [-0.05, 0) is 42.2 Å². The molecule has 0 aromatic heterocycles. The van der Waals surface area contributed by atoms with Crippen LogP contribution in [0.3, 0.4) is 0 Å². The number of aryl methyl sites for hydroxylation is 1. The number of fused-ring (bicyclic) bond motifs is 1. The van der Waals surface area contributed by atoms with Gasteiger partial charge >= 0.3 is 0 Å². The highest BCUT2D eigenvalue weighted by Crippen LogP contribution is 2.42. The molecule has 0 aliphatic carbocycles. The molecule has 3 aromatic carbocycles. The van der Waals surface area contributed by atoms with E-state index in [1.807, 2.05) is 24.3 Å². The van der Waals surface area contributed by atoms with E-state index in [1.54, 1.807) is 12.1 Å². The van der Waals surface area contributed by atoms with Crippen molar-refractivity contribution in [3.8, 4) is 16.9 Å². The van der Waals surface area contributed by atoms with Gasteiger partial charge in [-0.15, -0.1) is 0 Å². The van der Waals surface area contributed by atoms with Gasteiger partial charge in [-0.2, -0.15) is 0 Å². The van der Waals surface area contributed by atoms with E-state index in [2.05, 4.69) is 12.1 Å². The second-order valence-electron chi connectivity index (χ2n) is 6.51. The minimum Gasteiger partial charge on any atom is -0.489 e. The third kappa shape index (κ3) is 3.32. The lowest BCUT2D eigenvalue weighted by molar-refractivity contribution is 0.222. The van der Waals surface area contributed by atoms with Crippen molar-refractivity contribution in [3.63, 3.8) is 0 Å². The van der Waals surface area contributed by atoms with Crippen molar-refractivity contribution in [2.75, 3.05) is 0 Å². The minimum atomic E-state index is -0.881. The summed E-state index contributed by atoms with van der Waals surface area (Å²) in [5.74, 6) is -1.15.